The first-order valence-corrected chi connectivity index (χ1v) is 8.12. The van der Waals surface area contributed by atoms with Crippen LogP contribution in [0, 0.1) is 5.92 Å². The fourth-order valence-electron chi connectivity index (χ4n) is 2.03. The average Bonchev–Trinajstić information content (AvgIpc) is 2.84. The summed E-state index contributed by atoms with van der Waals surface area (Å²) in [5, 5.41) is 2.98. The third kappa shape index (κ3) is 6.68. The molecule has 1 aromatic heterocycles. The number of benzene rings is 1. The van der Waals surface area contributed by atoms with Gasteiger partial charge in [0, 0.05) is 0 Å². The third-order valence-corrected chi connectivity index (χ3v) is 3.99. The smallest absolute Gasteiger partial charge is 0.422 e. The van der Waals surface area contributed by atoms with E-state index in [0.29, 0.717) is 21.8 Å². The number of nitrogens with two attached hydrogens (primary N) is 1. The van der Waals surface area contributed by atoms with E-state index < -0.39 is 18.8 Å². The number of halogens is 4. The van der Waals surface area contributed by atoms with Crippen LogP contribution in [0.4, 0.5) is 18.3 Å². The highest BCUT2D eigenvalue weighted by atomic mass is 35.5. The number of rotatable bonds is 6. The Labute approximate surface area is 153 Å². The number of nitrogens with one attached hydrogen (secondary N) is 1. The molecule has 0 aliphatic heterocycles. The maximum Gasteiger partial charge on any atom is 0.422 e. The third-order valence-electron chi connectivity index (χ3n) is 3.05. The lowest BCUT2D eigenvalue weighted by Gasteiger charge is -2.12. The topological polar surface area (TPSA) is 77.2 Å². The van der Waals surface area contributed by atoms with Gasteiger partial charge in [0.1, 0.15) is 5.75 Å². The fourth-order valence-corrected chi connectivity index (χ4v) is 2.92. The number of carbonyl (C=O) groups is 1. The second kappa shape index (κ2) is 8.68. The van der Waals surface area contributed by atoms with E-state index in [-0.39, 0.29) is 30.0 Å². The molecule has 1 heterocycles. The van der Waals surface area contributed by atoms with Crippen molar-refractivity contribution in [3.05, 3.63) is 18.2 Å². The summed E-state index contributed by atoms with van der Waals surface area (Å²) >= 11 is 1.15. The Kier molecular flexibility index (Phi) is 7.45. The first kappa shape index (κ1) is 21.5. The first-order valence-electron chi connectivity index (χ1n) is 7.30. The highest BCUT2D eigenvalue weighted by Crippen LogP contribution is 2.30. The maximum absolute atomic E-state index is 12.2. The molecule has 1 aromatic carbocycles. The molecule has 0 fully saturated rings. The van der Waals surface area contributed by atoms with Crippen molar-refractivity contribution in [1.82, 2.24) is 4.98 Å². The zero-order chi connectivity index (χ0) is 17.9. The summed E-state index contributed by atoms with van der Waals surface area (Å²) in [4.78, 5) is 16.2. The molecule has 0 radical (unpaired) electrons. The quantitative estimate of drug-likeness (QED) is 0.773. The molecule has 0 aliphatic carbocycles. The molecule has 25 heavy (non-hydrogen) atoms. The molecular formula is C15H19ClF3N3O2S. The minimum atomic E-state index is -4.39. The van der Waals surface area contributed by atoms with Crippen LogP contribution in [-0.2, 0) is 4.79 Å². The standard InChI is InChI=1S/C15H18F3N3O2S.ClH/c1-8(2)5-10(19)13(22)21-14-20-11-4-3-9(6-12(11)24-14)23-7-15(16,17)18;/h3-4,6,8,10H,5,7,19H2,1-2H3,(H,20,21,22);1H/t10-;/m0./s1. The predicted octanol–water partition coefficient (Wildman–Crippen LogP) is 3.97. The molecule has 0 bridgehead atoms. The van der Waals surface area contributed by atoms with Crippen LogP contribution in [-0.4, -0.2) is 29.7 Å². The zero-order valence-electron chi connectivity index (χ0n) is 13.6. The summed E-state index contributed by atoms with van der Waals surface area (Å²) < 4.78 is 41.8. The van der Waals surface area contributed by atoms with Gasteiger partial charge in [-0.05, 0) is 30.5 Å². The minimum absolute atomic E-state index is 0. The Morgan fingerprint density at radius 2 is 2.08 bits per heavy atom. The lowest BCUT2D eigenvalue weighted by molar-refractivity contribution is -0.153. The van der Waals surface area contributed by atoms with Crippen LogP contribution in [0.25, 0.3) is 10.2 Å². The number of thiazole rings is 1. The molecule has 1 atom stereocenters. The molecule has 0 aliphatic rings. The van der Waals surface area contributed by atoms with Crippen molar-refractivity contribution in [3.8, 4) is 5.75 Å². The summed E-state index contributed by atoms with van der Waals surface area (Å²) in [6.07, 6.45) is -3.85. The van der Waals surface area contributed by atoms with E-state index in [9.17, 15) is 18.0 Å². The van der Waals surface area contributed by atoms with Gasteiger partial charge in [-0.25, -0.2) is 4.98 Å². The summed E-state index contributed by atoms with van der Waals surface area (Å²) in [6, 6.07) is 3.77. The van der Waals surface area contributed by atoms with Gasteiger partial charge in [0.05, 0.1) is 16.3 Å². The Morgan fingerprint density at radius 3 is 2.68 bits per heavy atom. The molecule has 140 valence electrons. The lowest BCUT2D eigenvalue weighted by Crippen LogP contribution is -2.36. The number of amides is 1. The van der Waals surface area contributed by atoms with E-state index in [0.717, 1.165) is 11.3 Å². The van der Waals surface area contributed by atoms with Crippen molar-refractivity contribution in [3.63, 3.8) is 0 Å². The molecule has 3 N–H and O–H groups in total. The molecule has 0 unspecified atom stereocenters. The molecule has 1 amide bonds. The largest absolute Gasteiger partial charge is 0.484 e. The molecule has 2 rings (SSSR count). The average molecular weight is 398 g/mol. The van der Waals surface area contributed by atoms with Gasteiger partial charge in [-0.3, -0.25) is 4.79 Å². The van der Waals surface area contributed by atoms with E-state index in [1.807, 2.05) is 13.8 Å². The Bertz CT molecular complexity index is 722. The molecular weight excluding hydrogens is 379 g/mol. The van der Waals surface area contributed by atoms with Crippen LogP contribution >= 0.6 is 23.7 Å². The van der Waals surface area contributed by atoms with Gasteiger partial charge in [0.15, 0.2) is 11.7 Å². The number of anilines is 1. The monoisotopic (exact) mass is 397 g/mol. The number of aromatic nitrogens is 1. The van der Waals surface area contributed by atoms with Crippen LogP contribution in [0.15, 0.2) is 18.2 Å². The maximum atomic E-state index is 12.2. The van der Waals surface area contributed by atoms with E-state index >= 15 is 0 Å². The summed E-state index contributed by atoms with van der Waals surface area (Å²) in [5.74, 6) is 0.0450. The molecule has 2 aromatic rings. The number of nitrogens with zero attached hydrogens (tertiary/aromatic N) is 1. The molecule has 0 spiro atoms. The van der Waals surface area contributed by atoms with Gasteiger partial charge in [0.25, 0.3) is 0 Å². The van der Waals surface area contributed by atoms with Crippen LogP contribution in [0.5, 0.6) is 5.75 Å². The van der Waals surface area contributed by atoms with Crippen LogP contribution in [0.2, 0.25) is 0 Å². The van der Waals surface area contributed by atoms with Crippen molar-refractivity contribution in [2.24, 2.45) is 11.7 Å². The van der Waals surface area contributed by atoms with Gasteiger partial charge in [0.2, 0.25) is 5.91 Å². The van der Waals surface area contributed by atoms with Gasteiger partial charge >= 0.3 is 6.18 Å². The SMILES string of the molecule is CC(C)C[C@H](N)C(=O)Nc1nc2ccc(OCC(F)(F)F)cc2s1.Cl. The summed E-state index contributed by atoms with van der Waals surface area (Å²) in [7, 11) is 0. The Morgan fingerprint density at radius 1 is 1.40 bits per heavy atom. The second-order valence-electron chi connectivity index (χ2n) is 5.78. The highest BCUT2D eigenvalue weighted by Gasteiger charge is 2.28. The van der Waals surface area contributed by atoms with E-state index in [2.05, 4.69) is 10.3 Å². The normalized spacial score (nSPS) is 12.8. The number of hydrogen-bond acceptors (Lipinski definition) is 5. The van der Waals surface area contributed by atoms with Gasteiger partial charge in [-0.1, -0.05) is 25.2 Å². The fraction of sp³-hybridized carbons (Fsp3) is 0.467. The molecule has 0 saturated carbocycles. The Balaban J connectivity index is 0.00000312. The second-order valence-corrected chi connectivity index (χ2v) is 6.81. The van der Waals surface area contributed by atoms with Crippen molar-refractivity contribution >= 4 is 45.0 Å². The first-order chi connectivity index (χ1) is 11.1. The van der Waals surface area contributed by atoms with Crippen molar-refractivity contribution in [1.29, 1.82) is 0 Å². The van der Waals surface area contributed by atoms with E-state index in [4.69, 9.17) is 10.5 Å². The lowest BCUT2D eigenvalue weighted by atomic mass is 10.0. The summed E-state index contributed by atoms with van der Waals surface area (Å²) in [6.45, 7) is 2.57. The van der Waals surface area contributed by atoms with Crippen LogP contribution in [0.1, 0.15) is 20.3 Å². The highest BCUT2D eigenvalue weighted by molar-refractivity contribution is 7.22. The van der Waals surface area contributed by atoms with E-state index in [1.165, 1.54) is 12.1 Å². The molecule has 0 saturated heterocycles. The number of carbonyl (C=O) groups excluding carboxylic acids is 1. The summed E-state index contributed by atoms with van der Waals surface area (Å²) in [5.41, 5.74) is 6.37. The molecule has 10 heteroatoms. The number of alkyl halides is 3. The van der Waals surface area contributed by atoms with E-state index in [1.54, 1.807) is 6.07 Å². The van der Waals surface area contributed by atoms with Crippen molar-refractivity contribution in [2.45, 2.75) is 32.5 Å². The predicted molar refractivity (Wildman–Crippen MR) is 94.5 cm³/mol. The van der Waals surface area contributed by atoms with Crippen LogP contribution < -0.4 is 15.8 Å². The number of fused-ring (bicyclic) bond motifs is 1. The van der Waals surface area contributed by atoms with Crippen LogP contribution in [0.3, 0.4) is 0 Å². The van der Waals surface area contributed by atoms with Crippen molar-refractivity contribution < 1.29 is 22.7 Å². The van der Waals surface area contributed by atoms with Gasteiger partial charge in [-0.2, -0.15) is 13.2 Å². The van der Waals surface area contributed by atoms with Crippen molar-refractivity contribution in [2.75, 3.05) is 11.9 Å². The van der Waals surface area contributed by atoms with Gasteiger partial charge < -0.3 is 15.8 Å². The molecule has 5 nitrogen and oxygen atoms in total. The Hall–Kier alpha value is -1.58. The minimum Gasteiger partial charge on any atom is -0.484 e. The number of hydrogen-bond donors (Lipinski definition) is 2. The number of ether oxygens (including phenoxy) is 1. The van der Waals surface area contributed by atoms with Gasteiger partial charge in [-0.15, -0.1) is 12.4 Å². The zero-order valence-corrected chi connectivity index (χ0v) is 15.2.